The molecule has 0 spiro atoms. The van der Waals surface area contributed by atoms with Crippen LogP contribution in [-0.4, -0.2) is 13.2 Å². The van der Waals surface area contributed by atoms with Gasteiger partial charge in [-0.25, -0.2) is 0 Å². The maximum atomic E-state index is 5.83. The van der Waals surface area contributed by atoms with E-state index in [4.69, 9.17) is 9.47 Å². The molecule has 16 heavy (non-hydrogen) atoms. The Kier molecular flexibility index (Phi) is 5.62. The highest BCUT2D eigenvalue weighted by atomic mass is 79.9. The summed E-state index contributed by atoms with van der Waals surface area (Å²) in [6, 6.07) is 4.02. The Labute approximate surface area is 114 Å². The molecule has 1 rings (SSSR count). The van der Waals surface area contributed by atoms with E-state index in [2.05, 4.69) is 38.8 Å². The summed E-state index contributed by atoms with van der Waals surface area (Å²) in [6.07, 6.45) is 1.15. The van der Waals surface area contributed by atoms with E-state index in [1.807, 2.05) is 19.1 Å². The van der Waals surface area contributed by atoms with Gasteiger partial charge in [0.1, 0.15) is 0 Å². The van der Waals surface area contributed by atoms with Crippen LogP contribution in [-0.2, 0) is 5.33 Å². The fourth-order valence-electron chi connectivity index (χ4n) is 1.25. The van der Waals surface area contributed by atoms with Crippen LogP contribution in [0.15, 0.2) is 16.6 Å². The van der Waals surface area contributed by atoms with E-state index in [-0.39, 0.29) is 6.10 Å². The van der Waals surface area contributed by atoms with Gasteiger partial charge >= 0.3 is 0 Å². The second-order valence-corrected chi connectivity index (χ2v) is 4.99. The summed E-state index contributed by atoms with van der Waals surface area (Å²) in [5, 5.41) is 0.797. The van der Waals surface area contributed by atoms with Crippen LogP contribution < -0.4 is 9.47 Å². The van der Waals surface area contributed by atoms with Gasteiger partial charge in [0.25, 0.3) is 0 Å². The second-order valence-electron chi connectivity index (χ2n) is 3.58. The molecular weight excluding hydrogens is 336 g/mol. The van der Waals surface area contributed by atoms with Gasteiger partial charge < -0.3 is 9.47 Å². The van der Waals surface area contributed by atoms with Crippen molar-refractivity contribution in [3.05, 3.63) is 22.2 Å². The molecule has 4 heteroatoms. The number of ether oxygens (including phenoxy) is 2. The first-order valence-electron chi connectivity index (χ1n) is 5.21. The van der Waals surface area contributed by atoms with Crippen molar-refractivity contribution in [2.75, 3.05) is 7.11 Å². The van der Waals surface area contributed by atoms with Gasteiger partial charge in [0.05, 0.1) is 17.7 Å². The lowest BCUT2D eigenvalue weighted by Crippen LogP contribution is -2.11. The number of halogens is 2. The first-order chi connectivity index (χ1) is 7.62. The van der Waals surface area contributed by atoms with Gasteiger partial charge in [-0.05, 0) is 47.0 Å². The Balaban J connectivity index is 3.06. The Bertz CT molecular complexity index is 353. The van der Waals surface area contributed by atoms with Crippen molar-refractivity contribution < 1.29 is 9.47 Å². The highest BCUT2D eigenvalue weighted by molar-refractivity contribution is 9.10. The van der Waals surface area contributed by atoms with Crippen LogP contribution in [0, 0.1) is 0 Å². The van der Waals surface area contributed by atoms with Gasteiger partial charge in [0.15, 0.2) is 11.5 Å². The molecule has 0 bridgehead atoms. The number of hydrogen-bond acceptors (Lipinski definition) is 2. The largest absolute Gasteiger partial charge is 0.493 e. The van der Waals surface area contributed by atoms with Crippen LogP contribution in [0.4, 0.5) is 0 Å². The number of benzene rings is 1. The average Bonchev–Trinajstić information content (AvgIpc) is 2.30. The molecule has 1 atom stereocenters. The lowest BCUT2D eigenvalue weighted by molar-refractivity contribution is 0.206. The molecule has 0 aliphatic heterocycles. The minimum Gasteiger partial charge on any atom is -0.493 e. The van der Waals surface area contributed by atoms with Crippen molar-refractivity contribution in [3.63, 3.8) is 0 Å². The van der Waals surface area contributed by atoms with E-state index in [1.165, 1.54) is 0 Å². The van der Waals surface area contributed by atoms with Crippen molar-refractivity contribution in [2.24, 2.45) is 0 Å². The van der Waals surface area contributed by atoms with Crippen molar-refractivity contribution >= 4 is 31.9 Å². The highest BCUT2D eigenvalue weighted by Crippen LogP contribution is 2.38. The van der Waals surface area contributed by atoms with Crippen LogP contribution in [0.3, 0.4) is 0 Å². The molecule has 0 heterocycles. The van der Waals surface area contributed by atoms with Crippen LogP contribution in [0.2, 0.25) is 0 Å². The molecule has 90 valence electrons. The third-order valence-electron chi connectivity index (χ3n) is 2.34. The molecule has 1 aromatic rings. The molecule has 0 amide bonds. The number of alkyl halides is 1. The molecule has 0 aromatic heterocycles. The molecular formula is C12H16Br2O2. The van der Waals surface area contributed by atoms with E-state index in [0.717, 1.165) is 33.3 Å². The maximum Gasteiger partial charge on any atom is 0.175 e. The quantitative estimate of drug-likeness (QED) is 0.725. The van der Waals surface area contributed by atoms with Crippen molar-refractivity contribution in [1.82, 2.24) is 0 Å². The number of hydrogen-bond donors (Lipinski definition) is 0. The molecule has 1 unspecified atom stereocenters. The summed E-state index contributed by atoms with van der Waals surface area (Å²) in [4.78, 5) is 0. The molecule has 0 aliphatic rings. The zero-order valence-corrected chi connectivity index (χ0v) is 12.9. The van der Waals surface area contributed by atoms with Crippen molar-refractivity contribution in [1.29, 1.82) is 0 Å². The summed E-state index contributed by atoms with van der Waals surface area (Å²) >= 11 is 6.94. The number of rotatable bonds is 5. The Hall–Kier alpha value is -0.220. The van der Waals surface area contributed by atoms with Crippen molar-refractivity contribution in [2.45, 2.75) is 31.7 Å². The van der Waals surface area contributed by atoms with Gasteiger partial charge in [-0.15, -0.1) is 0 Å². The van der Waals surface area contributed by atoms with Crippen molar-refractivity contribution in [3.8, 4) is 11.5 Å². The normalized spacial score (nSPS) is 12.3. The topological polar surface area (TPSA) is 18.5 Å². The van der Waals surface area contributed by atoms with Gasteiger partial charge in [-0.3, -0.25) is 0 Å². The Morgan fingerprint density at radius 3 is 2.56 bits per heavy atom. The van der Waals surface area contributed by atoms with Crippen LogP contribution in [0.25, 0.3) is 0 Å². The lowest BCUT2D eigenvalue weighted by atomic mass is 10.2. The van der Waals surface area contributed by atoms with E-state index in [1.54, 1.807) is 7.11 Å². The Morgan fingerprint density at radius 2 is 2.06 bits per heavy atom. The van der Waals surface area contributed by atoms with Gasteiger partial charge in [-0.2, -0.15) is 0 Å². The second kappa shape index (κ2) is 6.50. The summed E-state index contributed by atoms with van der Waals surface area (Å²) in [6.45, 7) is 4.14. The summed E-state index contributed by atoms with van der Waals surface area (Å²) in [5.41, 5.74) is 1.15. The third-order valence-corrected chi connectivity index (χ3v) is 3.57. The molecule has 0 aliphatic carbocycles. The SMILES string of the molecule is CCC(C)Oc1c(Br)cc(CBr)cc1OC. The van der Waals surface area contributed by atoms with E-state index >= 15 is 0 Å². The standard InChI is InChI=1S/C12H16Br2O2/c1-4-8(2)16-12-10(14)5-9(7-13)6-11(12)15-3/h5-6,8H,4,7H2,1-3H3. The summed E-state index contributed by atoms with van der Waals surface area (Å²) in [5.74, 6) is 1.55. The first-order valence-corrected chi connectivity index (χ1v) is 7.12. The van der Waals surface area contributed by atoms with Crippen LogP contribution in [0.1, 0.15) is 25.8 Å². The fraction of sp³-hybridized carbons (Fsp3) is 0.500. The number of methoxy groups -OCH3 is 1. The minimum absolute atomic E-state index is 0.181. The fourth-order valence-corrected chi connectivity index (χ4v) is 2.16. The highest BCUT2D eigenvalue weighted by Gasteiger charge is 2.13. The van der Waals surface area contributed by atoms with E-state index in [9.17, 15) is 0 Å². The summed E-state index contributed by atoms with van der Waals surface area (Å²) < 4.78 is 12.1. The average molecular weight is 352 g/mol. The zero-order valence-electron chi connectivity index (χ0n) is 9.72. The lowest BCUT2D eigenvalue weighted by Gasteiger charge is -2.17. The first kappa shape index (κ1) is 13.8. The molecule has 0 fully saturated rings. The monoisotopic (exact) mass is 350 g/mol. The molecule has 0 saturated heterocycles. The van der Waals surface area contributed by atoms with Crippen LogP contribution >= 0.6 is 31.9 Å². The van der Waals surface area contributed by atoms with Gasteiger partial charge in [0.2, 0.25) is 0 Å². The molecule has 2 nitrogen and oxygen atoms in total. The molecule has 0 saturated carbocycles. The van der Waals surface area contributed by atoms with E-state index in [0.29, 0.717) is 0 Å². The smallest absolute Gasteiger partial charge is 0.175 e. The maximum absolute atomic E-state index is 5.83. The Morgan fingerprint density at radius 1 is 1.38 bits per heavy atom. The predicted molar refractivity (Wildman–Crippen MR) is 73.7 cm³/mol. The molecule has 0 N–H and O–H groups in total. The van der Waals surface area contributed by atoms with Gasteiger partial charge in [-0.1, -0.05) is 22.9 Å². The van der Waals surface area contributed by atoms with E-state index < -0.39 is 0 Å². The summed E-state index contributed by atoms with van der Waals surface area (Å²) in [7, 11) is 1.66. The molecule has 0 radical (unpaired) electrons. The zero-order chi connectivity index (χ0) is 12.1. The predicted octanol–water partition coefficient (Wildman–Crippen LogP) is 4.53. The van der Waals surface area contributed by atoms with Crippen LogP contribution in [0.5, 0.6) is 11.5 Å². The third kappa shape index (κ3) is 3.39. The molecule has 1 aromatic carbocycles. The minimum atomic E-state index is 0.181. The van der Waals surface area contributed by atoms with Gasteiger partial charge in [0, 0.05) is 5.33 Å².